The minimum Gasteiger partial charge on any atom is -0.241 e. The average molecular weight is 110 g/mol. The topological polar surface area (TPSA) is 14.1 Å². The average Bonchev–Trinajstić information content (AvgIpc) is 2.07. The second-order valence-corrected chi connectivity index (χ2v) is 3.25. The molecule has 0 N–H and O–H groups in total. The molecule has 0 unspecified atom stereocenters. The van der Waals surface area contributed by atoms with E-state index in [1.807, 2.05) is 0 Å². The Morgan fingerprint density at radius 1 is 1.00 bits per heavy atom. The standard InChI is InChI=1S/C7H12N/c1-2-4-7(3-1)5-8-6-7/h1-6H2. The van der Waals surface area contributed by atoms with Gasteiger partial charge in [0.15, 0.2) is 0 Å². The van der Waals surface area contributed by atoms with Gasteiger partial charge in [0.25, 0.3) is 0 Å². The molecule has 0 aromatic carbocycles. The summed E-state index contributed by atoms with van der Waals surface area (Å²) >= 11 is 0. The Morgan fingerprint density at radius 2 is 1.62 bits per heavy atom. The molecule has 1 aliphatic carbocycles. The molecule has 1 radical (unpaired) electrons. The quantitative estimate of drug-likeness (QED) is 0.444. The maximum atomic E-state index is 4.25. The number of hydrogen-bond donors (Lipinski definition) is 0. The molecule has 1 heterocycles. The Hall–Kier alpha value is -0.0400. The van der Waals surface area contributed by atoms with E-state index in [-0.39, 0.29) is 0 Å². The SMILES string of the molecule is C1CCC2(C1)C[N]C2. The van der Waals surface area contributed by atoms with Crippen LogP contribution in [-0.2, 0) is 0 Å². The summed E-state index contributed by atoms with van der Waals surface area (Å²) in [5.41, 5.74) is 0.750. The number of hydrogen-bond acceptors (Lipinski definition) is 0. The van der Waals surface area contributed by atoms with E-state index >= 15 is 0 Å². The summed E-state index contributed by atoms with van der Waals surface area (Å²) in [6, 6.07) is 0. The summed E-state index contributed by atoms with van der Waals surface area (Å²) in [7, 11) is 0. The highest BCUT2D eigenvalue weighted by Crippen LogP contribution is 2.41. The molecule has 0 aromatic rings. The molecule has 1 spiro atoms. The molecule has 2 rings (SSSR count). The molecular formula is C7H12N. The maximum absolute atomic E-state index is 4.25. The highest BCUT2D eigenvalue weighted by atomic mass is 15.0. The first-order valence-electron chi connectivity index (χ1n) is 3.55. The summed E-state index contributed by atoms with van der Waals surface area (Å²) in [5.74, 6) is 0. The molecule has 0 atom stereocenters. The van der Waals surface area contributed by atoms with Crippen LogP contribution in [0.4, 0.5) is 0 Å². The third kappa shape index (κ3) is 0.510. The van der Waals surface area contributed by atoms with Gasteiger partial charge in [-0.15, -0.1) is 0 Å². The number of rotatable bonds is 0. The van der Waals surface area contributed by atoms with Crippen LogP contribution in [0.15, 0.2) is 0 Å². The zero-order valence-corrected chi connectivity index (χ0v) is 5.19. The van der Waals surface area contributed by atoms with Crippen molar-refractivity contribution >= 4 is 0 Å². The van der Waals surface area contributed by atoms with Gasteiger partial charge in [0.2, 0.25) is 0 Å². The molecule has 0 bridgehead atoms. The number of nitrogens with zero attached hydrogens (tertiary/aromatic N) is 1. The fourth-order valence-electron chi connectivity index (χ4n) is 1.87. The van der Waals surface area contributed by atoms with Crippen molar-refractivity contribution in [2.45, 2.75) is 25.7 Å². The molecule has 1 heteroatoms. The lowest BCUT2D eigenvalue weighted by Crippen LogP contribution is -2.46. The van der Waals surface area contributed by atoms with E-state index in [0.717, 1.165) is 5.41 Å². The predicted octanol–water partition coefficient (Wildman–Crippen LogP) is 1.16. The molecule has 2 aliphatic rings. The minimum atomic E-state index is 0.750. The third-order valence-electron chi connectivity index (χ3n) is 2.56. The van der Waals surface area contributed by atoms with Crippen molar-refractivity contribution in [2.24, 2.45) is 5.41 Å². The zero-order chi connectivity index (χ0) is 5.45. The first-order valence-corrected chi connectivity index (χ1v) is 3.55. The Bertz CT molecular complexity index is 86.6. The van der Waals surface area contributed by atoms with Gasteiger partial charge in [0, 0.05) is 13.1 Å². The molecule has 1 saturated heterocycles. The maximum Gasteiger partial charge on any atom is 0.0203 e. The second kappa shape index (κ2) is 1.47. The van der Waals surface area contributed by atoms with Crippen LogP contribution < -0.4 is 5.32 Å². The monoisotopic (exact) mass is 110 g/mol. The van der Waals surface area contributed by atoms with Gasteiger partial charge in [-0.05, 0) is 18.3 Å². The second-order valence-electron chi connectivity index (χ2n) is 3.25. The summed E-state index contributed by atoms with van der Waals surface area (Å²) in [6.45, 7) is 2.38. The summed E-state index contributed by atoms with van der Waals surface area (Å²) in [5, 5.41) is 4.25. The molecule has 1 aliphatic heterocycles. The zero-order valence-electron chi connectivity index (χ0n) is 5.19. The Morgan fingerprint density at radius 3 is 1.88 bits per heavy atom. The van der Waals surface area contributed by atoms with Crippen molar-refractivity contribution < 1.29 is 0 Å². The summed E-state index contributed by atoms with van der Waals surface area (Å²) in [6.07, 6.45) is 5.87. The largest absolute Gasteiger partial charge is 0.241 e. The van der Waals surface area contributed by atoms with Crippen LogP contribution in [0.1, 0.15) is 25.7 Å². The van der Waals surface area contributed by atoms with Gasteiger partial charge in [-0.25, -0.2) is 5.32 Å². The highest BCUT2D eigenvalue weighted by Gasteiger charge is 2.39. The Balaban J connectivity index is 2.01. The normalized spacial score (nSPS) is 33.0. The van der Waals surface area contributed by atoms with E-state index in [4.69, 9.17) is 0 Å². The van der Waals surface area contributed by atoms with Crippen molar-refractivity contribution in [1.82, 2.24) is 5.32 Å². The van der Waals surface area contributed by atoms with Crippen LogP contribution in [0, 0.1) is 5.41 Å². The van der Waals surface area contributed by atoms with Crippen LogP contribution in [0.25, 0.3) is 0 Å². The predicted molar refractivity (Wildman–Crippen MR) is 32.8 cm³/mol. The van der Waals surface area contributed by atoms with E-state index in [2.05, 4.69) is 5.32 Å². The van der Waals surface area contributed by atoms with Crippen molar-refractivity contribution in [1.29, 1.82) is 0 Å². The van der Waals surface area contributed by atoms with Gasteiger partial charge in [-0.2, -0.15) is 0 Å². The van der Waals surface area contributed by atoms with Gasteiger partial charge < -0.3 is 0 Å². The molecule has 1 nitrogen and oxygen atoms in total. The van der Waals surface area contributed by atoms with Crippen LogP contribution in [0.5, 0.6) is 0 Å². The highest BCUT2D eigenvalue weighted by molar-refractivity contribution is 4.94. The molecule has 0 aromatic heterocycles. The lowest BCUT2D eigenvalue weighted by Gasteiger charge is -2.37. The molecule has 8 heavy (non-hydrogen) atoms. The lowest BCUT2D eigenvalue weighted by molar-refractivity contribution is 0.172. The minimum absolute atomic E-state index is 0.750. The van der Waals surface area contributed by atoms with Gasteiger partial charge in [-0.1, -0.05) is 12.8 Å². The van der Waals surface area contributed by atoms with Gasteiger partial charge >= 0.3 is 0 Å². The van der Waals surface area contributed by atoms with Crippen LogP contribution in [0.3, 0.4) is 0 Å². The van der Waals surface area contributed by atoms with Crippen molar-refractivity contribution in [2.75, 3.05) is 13.1 Å². The van der Waals surface area contributed by atoms with Crippen molar-refractivity contribution in [3.05, 3.63) is 0 Å². The third-order valence-corrected chi connectivity index (χ3v) is 2.56. The van der Waals surface area contributed by atoms with E-state index in [0.29, 0.717) is 0 Å². The first-order chi connectivity index (χ1) is 3.91. The van der Waals surface area contributed by atoms with Crippen LogP contribution >= 0.6 is 0 Å². The first kappa shape index (κ1) is 4.80. The Kier molecular flexibility index (Phi) is 0.884. The van der Waals surface area contributed by atoms with Crippen LogP contribution in [0.2, 0.25) is 0 Å². The van der Waals surface area contributed by atoms with E-state index < -0.39 is 0 Å². The van der Waals surface area contributed by atoms with Gasteiger partial charge in [-0.3, -0.25) is 0 Å². The Labute approximate surface area is 50.5 Å². The molecule has 2 fully saturated rings. The molecule has 1 saturated carbocycles. The smallest absolute Gasteiger partial charge is 0.0203 e. The molecule has 45 valence electrons. The molecular weight excluding hydrogens is 98.1 g/mol. The van der Waals surface area contributed by atoms with Crippen molar-refractivity contribution in [3.63, 3.8) is 0 Å². The van der Waals surface area contributed by atoms with Crippen LogP contribution in [-0.4, -0.2) is 13.1 Å². The summed E-state index contributed by atoms with van der Waals surface area (Å²) < 4.78 is 0. The van der Waals surface area contributed by atoms with Crippen molar-refractivity contribution in [3.8, 4) is 0 Å². The van der Waals surface area contributed by atoms with E-state index in [1.165, 1.54) is 38.8 Å². The molecule has 0 amide bonds. The fourth-order valence-corrected chi connectivity index (χ4v) is 1.87. The van der Waals surface area contributed by atoms with Gasteiger partial charge in [0.05, 0.1) is 0 Å². The lowest BCUT2D eigenvalue weighted by atomic mass is 9.80. The fraction of sp³-hybridized carbons (Fsp3) is 1.00. The van der Waals surface area contributed by atoms with E-state index in [9.17, 15) is 0 Å². The van der Waals surface area contributed by atoms with Gasteiger partial charge in [0.1, 0.15) is 0 Å². The van der Waals surface area contributed by atoms with E-state index in [1.54, 1.807) is 0 Å². The summed E-state index contributed by atoms with van der Waals surface area (Å²) in [4.78, 5) is 0.